The van der Waals surface area contributed by atoms with Crippen LogP contribution >= 0.6 is 31.9 Å². The van der Waals surface area contributed by atoms with Gasteiger partial charge in [0.1, 0.15) is 5.82 Å². The highest BCUT2D eigenvalue weighted by atomic mass is 79.9. The molecule has 2 aromatic rings. The third-order valence-electron chi connectivity index (χ3n) is 3.23. The van der Waals surface area contributed by atoms with Crippen molar-refractivity contribution in [2.75, 3.05) is 0 Å². The Bertz CT molecular complexity index is 641. The zero-order valence-corrected chi connectivity index (χ0v) is 14.2. The van der Waals surface area contributed by atoms with Gasteiger partial charge in [-0.05, 0) is 48.2 Å². The lowest BCUT2D eigenvalue weighted by molar-refractivity contribution is -0.141. The van der Waals surface area contributed by atoms with Gasteiger partial charge in [0, 0.05) is 8.95 Å². The Morgan fingerprint density at radius 1 is 1.05 bits per heavy atom. The molecule has 0 fully saturated rings. The molecule has 0 saturated carbocycles. The van der Waals surface area contributed by atoms with Crippen molar-refractivity contribution in [2.24, 2.45) is 5.92 Å². The van der Waals surface area contributed by atoms with Gasteiger partial charge in [-0.15, -0.1) is 0 Å². The number of carboxylic acids is 1. The number of halogens is 3. The van der Waals surface area contributed by atoms with E-state index in [1.807, 2.05) is 24.3 Å². The van der Waals surface area contributed by atoms with Crippen LogP contribution in [0.15, 0.2) is 51.4 Å². The molecule has 0 saturated heterocycles. The Labute approximate surface area is 139 Å². The largest absolute Gasteiger partial charge is 0.481 e. The zero-order valence-electron chi connectivity index (χ0n) is 11.0. The van der Waals surface area contributed by atoms with E-state index in [1.165, 1.54) is 6.07 Å². The molecule has 0 radical (unpaired) electrons. The van der Waals surface area contributed by atoms with E-state index in [1.54, 1.807) is 12.1 Å². The lowest BCUT2D eigenvalue weighted by atomic mass is 9.92. The highest BCUT2D eigenvalue weighted by Crippen LogP contribution is 2.21. The monoisotopic (exact) mass is 414 g/mol. The first kappa shape index (κ1) is 16.2. The lowest BCUT2D eigenvalue weighted by Gasteiger charge is -2.13. The molecular weight excluding hydrogens is 403 g/mol. The molecule has 2 rings (SSSR count). The Balaban J connectivity index is 2.15. The molecule has 21 heavy (non-hydrogen) atoms. The van der Waals surface area contributed by atoms with Crippen molar-refractivity contribution in [3.63, 3.8) is 0 Å². The summed E-state index contributed by atoms with van der Waals surface area (Å²) in [7, 11) is 0. The maximum absolute atomic E-state index is 13.8. The summed E-state index contributed by atoms with van der Waals surface area (Å²) in [5.41, 5.74) is 1.34. The minimum absolute atomic E-state index is 0.171. The van der Waals surface area contributed by atoms with Crippen molar-refractivity contribution < 1.29 is 14.3 Å². The summed E-state index contributed by atoms with van der Waals surface area (Å²) in [6, 6.07) is 12.2. The molecule has 5 heteroatoms. The predicted molar refractivity (Wildman–Crippen MR) is 86.8 cm³/mol. The summed E-state index contributed by atoms with van der Waals surface area (Å²) < 4.78 is 15.4. The zero-order chi connectivity index (χ0) is 15.4. The number of carboxylic acid groups (broad SMARTS) is 1. The summed E-state index contributed by atoms with van der Waals surface area (Å²) in [4.78, 5) is 11.4. The standard InChI is InChI=1S/C16H13Br2FO2/c17-13-4-1-10(2-5-13)7-12(16(20)21)8-11-3-6-14(18)9-15(11)19/h1-6,9,12H,7-8H2,(H,20,21). The number of carbonyl (C=O) groups is 1. The van der Waals surface area contributed by atoms with Crippen LogP contribution in [0.4, 0.5) is 4.39 Å². The van der Waals surface area contributed by atoms with E-state index in [0.717, 1.165) is 10.0 Å². The molecule has 0 heterocycles. The third kappa shape index (κ3) is 4.64. The fourth-order valence-corrected chi connectivity index (χ4v) is 2.70. The first-order valence-corrected chi connectivity index (χ1v) is 7.95. The second-order valence-corrected chi connectivity index (χ2v) is 6.64. The lowest BCUT2D eigenvalue weighted by Crippen LogP contribution is -2.19. The van der Waals surface area contributed by atoms with Crippen molar-refractivity contribution in [2.45, 2.75) is 12.8 Å². The average Bonchev–Trinajstić information content (AvgIpc) is 2.43. The van der Waals surface area contributed by atoms with Crippen LogP contribution in [-0.4, -0.2) is 11.1 Å². The van der Waals surface area contributed by atoms with Gasteiger partial charge >= 0.3 is 5.97 Å². The van der Waals surface area contributed by atoms with Gasteiger partial charge < -0.3 is 5.11 Å². The molecular formula is C16H13Br2FO2. The summed E-state index contributed by atoms with van der Waals surface area (Å²) in [6.07, 6.45) is 0.544. The van der Waals surface area contributed by atoms with Gasteiger partial charge in [0.2, 0.25) is 0 Å². The SMILES string of the molecule is O=C(O)C(Cc1ccc(Br)cc1)Cc1ccc(Br)cc1F. The average molecular weight is 416 g/mol. The van der Waals surface area contributed by atoms with Crippen LogP contribution in [0.25, 0.3) is 0 Å². The highest BCUT2D eigenvalue weighted by molar-refractivity contribution is 9.10. The molecule has 0 aliphatic rings. The van der Waals surface area contributed by atoms with Gasteiger partial charge in [0.05, 0.1) is 5.92 Å². The van der Waals surface area contributed by atoms with Crippen molar-refractivity contribution in [1.29, 1.82) is 0 Å². The molecule has 2 nitrogen and oxygen atoms in total. The van der Waals surface area contributed by atoms with Crippen LogP contribution in [0.2, 0.25) is 0 Å². The second kappa shape index (κ2) is 7.18. The maximum atomic E-state index is 13.8. The summed E-state index contributed by atoms with van der Waals surface area (Å²) >= 11 is 6.53. The first-order valence-electron chi connectivity index (χ1n) is 6.37. The second-order valence-electron chi connectivity index (χ2n) is 4.81. The Kier molecular flexibility index (Phi) is 5.53. The minimum atomic E-state index is -0.916. The Morgan fingerprint density at radius 2 is 1.67 bits per heavy atom. The fourth-order valence-electron chi connectivity index (χ4n) is 2.10. The van der Waals surface area contributed by atoms with Gasteiger partial charge in [0.15, 0.2) is 0 Å². The van der Waals surface area contributed by atoms with Crippen LogP contribution in [0.3, 0.4) is 0 Å². The smallest absolute Gasteiger partial charge is 0.307 e. The molecule has 0 amide bonds. The quantitative estimate of drug-likeness (QED) is 0.758. The van der Waals surface area contributed by atoms with Crippen molar-refractivity contribution in [3.05, 3.63) is 68.4 Å². The summed E-state index contributed by atoms with van der Waals surface area (Å²) in [6.45, 7) is 0. The van der Waals surface area contributed by atoms with Gasteiger partial charge in [-0.2, -0.15) is 0 Å². The van der Waals surface area contributed by atoms with E-state index >= 15 is 0 Å². The van der Waals surface area contributed by atoms with Gasteiger partial charge in [0.25, 0.3) is 0 Å². The van der Waals surface area contributed by atoms with Crippen LogP contribution in [0.1, 0.15) is 11.1 Å². The van der Waals surface area contributed by atoms with Crippen LogP contribution in [0.5, 0.6) is 0 Å². The third-order valence-corrected chi connectivity index (χ3v) is 4.25. The molecule has 110 valence electrons. The van der Waals surface area contributed by atoms with E-state index in [-0.39, 0.29) is 12.2 Å². The number of aliphatic carboxylic acids is 1. The van der Waals surface area contributed by atoms with Crippen molar-refractivity contribution in [1.82, 2.24) is 0 Å². The number of rotatable bonds is 5. The number of hydrogen-bond donors (Lipinski definition) is 1. The number of benzene rings is 2. The molecule has 0 aliphatic carbocycles. The van der Waals surface area contributed by atoms with Crippen LogP contribution in [-0.2, 0) is 17.6 Å². The van der Waals surface area contributed by atoms with E-state index in [4.69, 9.17) is 0 Å². The van der Waals surface area contributed by atoms with E-state index in [9.17, 15) is 14.3 Å². The fraction of sp³-hybridized carbons (Fsp3) is 0.188. The van der Waals surface area contributed by atoms with Gasteiger partial charge in [-0.1, -0.05) is 50.1 Å². The topological polar surface area (TPSA) is 37.3 Å². The molecule has 0 aliphatic heterocycles. The Morgan fingerprint density at radius 3 is 2.24 bits per heavy atom. The molecule has 1 unspecified atom stereocenters. The van der Waals surface area contributed by atoms with Crippen molar-refractivity contribution >= 4 is 37.8 Å². The van der Waals surface area contributed by atoms with Crippen LogP contribution in [0, 0.1) is 11.7 Å². The highest BCUT2D eigenvalue weighted by Gasteiger charge is 2.20. The normalized spacial score (nSPS) is 12.1. The van der Waals surface area contributed by atoms with Crippen LogP contribution < -0.4 is 0 Å². The Hall–Kier alpha value is -1.20. The molecule has 1 atom stereocenters. The summed E-state index contributed by atoms with van der Waals surface area (Å²) in [5.74, 6) is -1.95. The molecule has 0 bridgehead atoms. The van der Waals surface area contributed by atoms with E-state index < -0.39 is 11.9 Å². The molecule has 0 aromatic heterocycles. The summed E-state index contributed by atoms with van der Waals surface area (Å²) in [5, 5.41) is 9.35. The van der Waals surface area contributed by atoms with E-state index in [0.29, 0.717) is 16.5 Å². The van der Waals surface area contributed by atoms with E-state index in [2.05, 4.69) is 31.9 Å². The molecule has 2 aromatic carbocycles. The van der Waals surface area contributed by atoms with Gasteiger partial charge in [-0.25, -0.2) is 4.39 Å². The van der Waals surface area contributed by atoms with Crippen molar-refractivity contribution in [3.8, 4) is 0 Å². The molecule has 0 spiro atoms. The predicted octanol–water partition coefficient (Wildman–Crippen LogP) is 4.84. The first-order chi connectivity index (χ1) is 9.95. The maximum Gasteiger partial charge on any atom is 0.307 e. The van der Waals surface area contributed by atoms with Gasteiger partial charge in [-0.3, -0.25) is 4.79 Å². The number of hydrogen-bond acceptors (Lipinski definition) is 1. The molecule has 1 N–H and O–H groups in total. The minimum Gasteiger partial charge on any atom is -0.481 e.